The fraction of sp³-hybridized carbons (Fsp3) is 0.360. The van der Waals surface area contributed by atoms with Gasteiger partial charge in [0.2, 0.25) is 5.95 Å². The van der Waals surface area contributed by atoms with Crippen molar-refractivity contribution in [3.05, 3.63) is 47.6 Å². The molecule has 1 aromatic heterocycles. The zero-order valence-electron chi connectivity index (χ0n) is 21.0. The molecule has 1 fully saturated rings. The Kier molecular flexibility index (Phi) is 9.40. The van der Waals surface area contributed by atoms with Crippen LogP contribution in [0.2, 0.25) is 5.02 Å². The van der Waals surface area contributed by atoms with Crippen LogP contribution in [-0.4, -0.2) is 60.7 Å². The standard InChI is InChI=1S/C25H31ClN6O4S/c1-4-35-21-15-20(32-10-12-34-13-11-32)22(36-5-2)14-19(21)30-25-28-16-17(26)24(31-25)29-18-8-6-7-9-23(18)37(33)27-3/h6-9,14-16,27H,4-5,10-13H2,1-3H3,(H2,28,29,30,31). The number of nitrogens with one attached hydrogen (secondary N) is 3. The Morgan fingerprint density at radius 2 is 1.78 bits per heavy atom. The average molecular weight is 547 g/mol. The van der Waals surface area contributed by atoms with Crippen LogP contribution in [0.5, 0.6) is 11.5 Å². The summed E-state index contributed by atoms with van der Waals surface area (Å²) >= 11 is 6.40. The van der Waals surface area contributed by atoms with E-state index in [-0.39, 0.29) is 0 Å². The van der Waals surface area contributed by atoms with Crippen molar-refractivity contribution in [2.75, 3.05) is 62.1 Å². The first kappa shape index (κ1) is 26.9. The molecule has 3 N–H and O–H groups in total. The number of rotatable bonds is 11. The highest BCUT2D eigenvalue weighted by Crippen LogP contribution is 2.40. The minimum absolute atomic E-state index is 0.307. The molecule has 0 spiro atoms. The van der Waals surface area contributed by atoms with Crippen molar-refractivity contribution < 1.29 is 18.4 Å². The van der Waals surface area contributed by atoms with Gasteiger partial charge >= 0.3 is 0 Å². The zero-order chi connectivity index (χ0) is 26.2. The maximum atomic E-state index is 12.4. The van der Waals surface area contributed by atoms with Crippen molar-refractivity contribution in [1.82, 2.24) is 14.7 Å². The van der Waals surface area contributed by atoms with E-state index in [0.717, 1.165) is 24.5 Å². The number of para-hydroxylation sites is 1. The minimum atomic E-state index is -1.39. The molecule has 1 unspecified atom stereocenters. The molecule has 0 bridgehead atoms. The third-order valence-electron chi connectivity index (χ3n) is 5.53. The number of ether oxygens (including phenoxy) is 3. The number of aromatic nitrogens is 2. The minimum Gasteiger partial charge on any atom is -0.492 e. The molecule has 4 rings (SSSR count). The van der Waals surface area contributed by atoms with Crippen LogP contribution in [0.1, 0.15) is 13.8 Å². The van der Waals surface area contributed by atoms with E-state index in [1.54, 1.807) is 13.1 Å². The fourth-order valence-electron chi connectivity index (χ4n) is 3.85. The molecule has 12 heteroatoms. The van der Waals surface area contributed by atoms with Gasteiger partial charge in [0.05, 0.1) is 54.6 Å². The topological polar surface area (TPSA) is 110 Å². The van der Waals surface area contributed by atoms with Crippen LogP contribution < -0.4 is 29.7 Å². The smallest absolute Gasteiger partial charge is 0.229 e. The second kappa shape index (κ2) is 12.9. The van der Waals surface area contributed by atoms with Crippen molar-refractivity contribution in [3.8, 4) is 11.5 Å². The molecule has 3 aromatic rings. The molecule has 2 heterocycles. The van der Waals surface area contributed by atoms with Crippen LogP contribution in [0, 0.1) is 0 Å². The average Bonchev–Trinajstić information content (AvgIpc) is 2.92. The first-order valence-electron chi connectivity index (χ1n) is 12.0. The number of hydrogen-bond acceptors (Lipinski definition) is 9. The van der Waals surface area contributed by atoms with Gasteiger partial charge in [0, 0.05) is 25.2 Å². The van der Waals surface area contributed by atoms with Gasteiger partial charge in [-0.2, -0.15) is 4.98 Å². The Balaban J connectivity index is 1.66. The molecule has 198 valence electrons. The lowest BCUT2D eigenvalue weighted by molar-refractivity contribution is 0.122. The molecule has 0 amide bonds. The highest BCUT2D eigenvalue weighted by Gasteiger charge is 2.20. The van der Waals surface area contributed by atoms with Gasteiger partial charge in [0.1, 0.15) is 27.5 Å². The van der Waals surface area contributed by atoms with Crippen LogP contribution in [0.4, 0.5) is 28.8 Å². The Morgan fingerprint density at radius 3 is 2.51 bits per heavy atom. The van der Waals surface area contributed by atoms with Gasteiger partial charge in [-0.3, -0.25) is 0 Å². The molecule has 0 aliphatic carbocycles. The largest absolute Gasteiger partial charge is 0.492 e. The first-order chi connectivity index (χ1) is 18.0. The summed E-state index contributed by atoms with van der Waals surface area (Å²) in [5.41, 5.74) is 2.23. The third-order valence-corrected chi connectivity index (χ3v) is 6.93. The summed E-state index contributed by atoms with van der Waals surface area (Å²) in [7, 11) is 0.238. The first-order valence-corrected chi connectivity index (χ1v) is 13.6. The summed E-state index contributed by atoms with van der Waals surface area (Å²) in [6.45, 7) is 7.75. The lowest BCUT2D eigenvalue weighted by atomic mass is 10.2. The summed E-state index contributed by atoms with van der Waals surface area (Å²) in [6, 6.07) is 11.1. The van der Waals surface area contributed by atoms with Gasteiger partial charge in [-0.05, 0) is 33.0 Å². The quantitative estimate of drug-likeness (QED) is 0.320. The molecular weight excluding hydrogens is 516 g/mol. The predicted octanol–water partition coefficient (Wildman–Crippen LogP) is 4.49. The summed E-state index contributed by atoms with van der Waals surface area (Å²) < 4.78 is 32.6. The number of morpholine rings is 1. The van der Waals surface area contributed by atoms with Crippen molar-refractivity contribution in [1.29, 1.82) is 0 Å². The van der Waals surface area contributed by atoms with Crippen LogP contribution in [0.15, 0.2) is 47.5 Å². The number of hydrogen-bond donors (Lipinski definition) is 3. The Morgan fingerprint density at radius 1 is 1.05 bits per heavy atom. The van der Waals surface area contributed by atoms with E-state index in [1.807, 2.05) is 44.2 Å². The molecule has 1 atom stereocenters. The summed E-state index contributed by atoms with van der Waals surface area (Å²) in [4.78, 5) is 11.7. The Hall–Kier alpha value is -3.12. The van der Waals surface area contributed by atoms with E-state index >= 15 is 0 Å². The number of benzene rings is 2. The van der Waals surface area contributed by atoms with Crippen LogP contribution in [0.25, 0.3) is 0 Å². The van der Waals surface area contributed by atoms with Gasteiger partial charge < -0.3 is 29.7 Å². The van der Waals surface area contributed by atoms with E-state index in [4.69, 9.17) is 25.8 Å². The van der Waals surface area contributed by atoms with Crippen molar-refractivity contribution in [3.63, 3.8) is 0 Å². The van der Waals surface area contributed by atoms with Gasteiger partial charge in [-0.25, -0.2) is 13.9 Å². The second-order valence-corrected chi connectivity index (χ2v) is 9.68. The van der Waals surface area contributed by atoms with Crippen LogP contribution in [0.3, 0.4) is 0 Å². The Bertz CT molecular complexity index is 1240. The van der Waals surface area contributed by atoms with Gasteiger partial charge in [0.15, 0.2) is 5.82 Å². The summed E-state index contributed by atoms with van der Waals surface area (Å²) in [6.07, 6.45) is 1.50. The lowest BCUT2D eigenvalue weighted by Crippen LogP contribution is -2.36. The summed E-state index contributed by atoms with van der Waals surface area (Å²) in [5, 5.41) is 6.74. The molecule has 1 saturated heterocycles. The summed E-state index contributed by atoms with van der Waals surface area (Å²) in [5.74, 6) is 2.05. The Labute approximate surface area is 224 Å². The van der Waals surface area contributed by atoms with E-state index < -0.39 is 11.0 Å². The van der Waals surface area contributed by atoms with E-state index in [2.05, 4.69) is 30.2 Å². The SMILES string of the molecule is CCOc1cc(N2CCOCC2)c(OCC)cc1Nc1ncc(Cl)c(Nc2ccccc2S(=O)NC)n1. The molecule has 0 radical (unpaired) electrons. The highest BCUT2D eigenvalue weighted by atomic mass is 35.5. The number of anilines is 5. The van der Waals surface area contributed by atoms with Crippen LogP contribution in [-0.2, 0) is 15.7 Å². The van der Waals surface area contributed by atoms with Gasteiger partial charge in [0.25, 0.3) is 0 Å². The van der Waals surface area contributed by atoms with Gasteiger partial charge in [-0.1, -0.05) is 23.7 Å². The molecule has 1 aliphatic rings. The van der Waals surface area contributed by atoms with Gasteiger partial charge in [-0.15, -0.1) is 0 Å². The molecular formula is C25H31ClN6O4S. The third kappa shape index (κ3) is 6.61. The highest BCUT2D eigenvalue weighted by molar-refractivity contribution is 7.83. The molecule has 10 nitrogen and oxygen atoms in total. The van der Waals surface area contributed by atoms with E-state index in [9.17, 15) is 4.21 Å². The monoisotopic (exact) mass is 546 g/mol. The second-order valence-electron chi connectivity index (χ2n) is 7.89. The molecule has 2 aromatic carbocycles. The fourth-order valence-corrected chi connectivity index (χ4v) is 4.73. The predicted molar refractivity (Wildman–Crippen MR) is 147 cm³/mol. The number of halogens is 1. The van der Waals surface area contributed by atoms with E-state index in [0.29, 0.717) is 65.2 Å². The molecule has 0 saturated carbocycles. The maximum absolute atomic E-state index is 12.4. The molecule has 1 aliphatic heterocycles. The van der Waals surface area contributed by atoms with Crippen LogP contribution >= 0.6 is 11.6 Å². The number of nitrogens with zero attached hydrogens (tertiary/aromatic N) is 3. The maximum Gasteiger partial charge on any atom is 0.229 e. The van der Waals surface area contributed by atoms with Crippen molar-refractivity contribution in [2.24, 2.45) is 0 Å². The normalized spacial score (nSPS) is 14.2. The van der Waals surface area contributed by atoms with E-state index in [1.165, 1.54) is 6.20 Å². The van der Waals surface area contributed by atoms with Crippen molar-refractivity contribution >= 4 is 51.4 Å². The van der Waals surface area contributed by atoms with Crippen molar-refractivity contribution in [2.45, 2.75) is 18.7 Å². The zero-order valence-corrected chi connectivity index (χ0v) is 22.6. The lowest BCUT2D eigenvalue weighted by Gasteiger charge is -2.31. The molecule has 37 heavy (non-hydrogen) atoms.